The molecule has 144 valence electrons. The van der Waals surface area contributed by atoms with Crippen LogP contribution >= 0.6 is 0 Å². The Kier molecular flexibility index (Phi) is 6.50. The second kappa shape index (κ2) is 10.0. The van der Waals surface area contributed by atoms with Gasteiger partial charge >= 0.3 is 0 Å². The van der Waals surface area contributed by atoms with Crippen LogP contribution in [0.15, 0.2) is 133 Å². The monoisotopic (exact) mass is 384 g/mol. The van der Waals surface area contributed by atoms with Crippen molar-refractivity contribution >= 4 is 23.3 Å². The van der Waals surface area contributed by atoms with Gasteiger partial charge in [-0.1, -0.05) is 140 Å². The summed E-state index contributed by atoms with van der Waals surface area (Å²) in [6, 6.07) is 42.1. The highest BCUT2D eigenvalue weighted by Gasteiger charge is 2.10. The topological polar surface area (TPSA) is 0 Å². The van der Waals surface area contributed by atoms with Gasteiger partial charge < -0.3 is 0 Å². The summed E-state index contributed by atoms with van der Waals surface area (Å²) in [5.74, 6) is 0. The van der Waals surface area contributed by atoms with Crippen molar-refractivity contribution in [3.05, 3.63) is 156 Å². The number of hydrogen-bond acceptors (Lipinski definition) is 0. The van der Waals surface area contributed by atoms with E-state index in [4.69, 9.17) is 0 Å². The van der Waals surface area contributed by atoms with E-state index < -0.39 is 0 Å². The molecule has 4 rings (SSSR count). The van der Waals surface area contributed by atoms with Crippen LogP contribution in [-0.4, -0.2) is 0 Å². The van der Waals surface area contributed by atoms with E-state index in [-0.39, 0.29) is 0 Å². The third-order valence-corrected chi connectivity index (χ3v) is 4.92. The van der Waals surface area contributed by atoms with E-state index in [1.807, 2.05) is 6.07 Å². The largest absolute Gasteiger partial charge is 0.0622 e. The normalized spacial score (nSPS) is 12.3. The van der Waals surface area contributed by atoms with Crippen molar-refractivity contribution in [2.75, 3.05) is 0 Å². The Hall–Kier alpha value is -3.90. The zero-order valence-electron chi connectivity index (χ0n) is 16.9. The van der Waals surface area contributed by atoms with Crippen LogP contribution in [0.3, 0.4) is 0 Å². The van der Waals surface area contributed by atoms with Crippen LogP contribution < -0.4 is 0 Å². The molecule has 0 aromatic heterocycles. The van der Waals surface area contributed by atoms with Crippen molar-refractivity contribution in [1.29, 1.82) is 0 Å². The van der Waals surface area contributed by atoms with Crippen LogP contribution in [0.25, 0.3) is 23.3 Å². The van der Waals surface area contributed by atoms with Crippen molar-refractivity contribution in [3.8, 4) is 0 Å². The smallest absolute Gasteiger partial charge is 0.00995 e. The maximum Gasteiger partial charge on any atom is -0.00995 e. The highest BCUT2D eigenvalue weighted by Crippen LogP contribution is 2.33. The molecule has 0 heteroatoms. The van der Waals surface area contributed by atoms with Crippen molar-refractivity contribution < 1.29 is 0 Å². The molecule has 0 aliphatic rings. The van der Waals surface area contributed by atoms with Crippen molar-refractivity contribution in [2.24, 2.45) is 0 Å². The van der Waals surface area contributed by atoms with E-state index in [0.717, 1.165) is 0 Å². The van der Waals surface area contributed by atoms with Gasteiger partial charge in [-0.3, -0.25) is 0 Å². The molecule has 0 N–H and O–H groups in total. The fourth-order valence-electron chi connectivity index (χ4n) is 3.43. The van der Waals surface area contributed by atoms with Crippen LogP contribution in [0.4, 0.5) is 0 Å². The first-order chi connectivity index (χ1) is 14.9. The molecule has 4 aromatic rings. The number of benzene rings is 4. The molecule has 0 radical (unpaired) electrons. The lowest BCUT2D eigenvalue weighted by Gasteiger charge is -2.14. The lowest BCUT2D eigenvalue weighted by atomic mass is 9.90. The highest BCUT2D eigenvalue weighted by molar-refractivity contribution is 6.11. The predicted octanol–water partition coefficient (Wildman–Crippen LogP) is 8.02. The van der Waals surface area contributed by atoms with Crippen LogP contribution in [0, 0.1) is 0 Å². The third kappa shape index (κ3) is 5.12. The van der Waals surface area contributed by atoms with E-state index >= 15 is 0 Å². The molecule has 0 heterocycles. The van der Waals surface area contributed by atoms with Crippen molar-refractivity contribution in [1.82, 2.24) is 0 Å². The fraction of sp³-hybridized carbons (Fsp3) is 0. The molecule has 0 atom stereocenters. The first kappa shape index (κ1) is 19.4. The molecule has 0 saturated heterocycles. The van der Waals surface area contributed by atoms with Crippen LogP contribution in [-0.2, 0) is 0 Å². The minimum absolute atomic E-state index is 1.19. The van der Waals surface area contributed by atoms with Gasteiger partial charge in [-0.05, 0) is 39.5 Å². The Bertz CT molecular complexity index is 1130. The molecule has 0 unspecified atom stereocenters. The Morgan fingerprint density at radius 3 is 1.40 bits per heavy atom. The summed E-state index contributed by atoms with van der Waals surface area (Å²) in [6.07, 6.45) is 8.77. The van der Waals surface area contributed by atoms with Gasteiger partial charge in [0.2, 0.25) is 0 Å². The van der Waals surface area contributed by atoms with Crippen molar-refractivity contribution in [2.45, 2.75) is 0 Å². The van der Waals surface area contributed by atoms with Gasteiger partial charge in [0.05, 0.1) is 0 Å². The molecule has 0 amide bonds. The molecule has 0 nitrogen and oxygen atoms in total. The Labute approximate surface area is 179 Å². The summed E-state index contributed by atoms with van der Waals surface area (Å²) in [6.45, 7) is 0. The van der Waals surface area contributed by atoms with Gasteiger partial charge in [0.15, 0.2) is 0 Å². The predicted molar refractivity (Wildman–Crippen MR) is 131 cm³/mol. The standard InChI is InChI=1S/C30H24/c1-5-14-25(15-6-1)18-13-23-29(27-19-9-3-10-20-27)30(28-21-11-4-12-22-28)24-26-16-7-2-8-17-26/h1-24H/b18-13-,29-23-,30-24-. The molecule has 4 aromatic carbocycles. The van der Waals surface area contributed by atoms with Crippen LogP contribution in [0.5, 0.6) is 0 Å². The number of allylic oxidation sites excluding steroid dienone is 4. The molecule has 0 aliphatic heterocycles. The Morgan fingerprint density at radius 1 is 0.433 bits per heavy atom. The van der Waals surface area contributed by atoms with Gasteiger partial charge in [-0.2, -0.15) is 0 Å². The molecule has 0 spiro atoms. The molecule has 0 aliphatic carbocycles. The van der Waals surface area contributed by atoms with Gasteiger partial charge in [0.25, 0.3) is 0 Å². The van der Waals surface area contributed by atoms with Gasteiger partial charge in [0.1, 0.15) is 0 Å². The first-order valence-corrected chi connectivity index (χ1v) is 10.2. The quantitative estimate of drug-likeness (QED) is 0.233. The molecule has 30 heavy (non-hydrogen) atoms. The minimum atomic E-state index is 1.19. The Morgan fingerprint density at radius 2 is 0.867 bits per heavy atom. The summed E-state index contributed by atoms with van der Waals surface area (Å²) in [5.41, 5.74) is 7.16. The molecular formula is C30H24. The fourth-order valence-corrected chi connectivity index (χ4v) is 3.43. The molecule has 0 saturated carbocycles. The summed E-state index contributed by atoms with van der Waals surface area (Å²) in [5, 5.41) is 0. The van der Waals surface area contributed by atoms with Crippen LogP contribution in [0.2, 0.25) is 0 Å². The summed E-state index contributed by atoms with van der Waals surface area (Å²) in [4.78, 5) is 0. The zero-order chi connectivity index (χ0) is 20.4. The van der Waals surface area contributed by atoms with E-state index in [9.17, 15) is 0 Å². The maximum atomic E-state index is 2.27. The van der Waals surface area contributed by atoms with E-state index in [1.165, 1.54) is 33.4 Å². The number of hydrogen-bond donors (Lipinski definition) is 0. The average Bonchev–Trinajstić information content (AvgIpc) is 2.83. The molecular weight excluding hydrogens is 360 g/mol. The van der Waals surface area contributed by atoms with E-state index in [1.54, 1.807) is 0 Å². The minimum Gasteiger partial charge on any atom is -0.0622 e. The molecule has 0 fully saturated rings. The lowest BCUT2D eigenvalue weighted by Crippen LogP contribution is -1.91. The van der Waals surface area contributed by atoms with Crippen LogP contribution in [0.1, 0.15) is 22.3 Å². The summed E-state index contributed by atoms with van der Waals surface area (Å²) in [7, 11) is 0. The second-order valence-corrected chi connectivity index (χ2v) is 7.05. The SMILES string of the molecule is C(=C/c1ccccc1)/C=C(\C(=C/c1ccccc1)c1ccccc1)c1ccccc1. The van der Waals surface area contributed by atoms with Gasteiger partial charge in [-0.15, -0.1) is 0 Å². The maximum absolute atomic E-state index is 2.27. The third-order valence-electron chi connectivity index (χ3n) is 4.92. The van der Waals surface area contributed by atoms with Gasteiger partial charge in [0, 0.05) is 0 Å². The summed E-state index contributed by atoms with van der Waals surface area (Å²) < 4.78 is 0. The lowest BCUT2D eigenvalue weighted by molar-refractivity contribution is 1.58. The highest BCUT2D eigenvalue weighted by atomic mass is 14.1. The zero-order valence-corrected chi connectivity index (χ0v) is 16.9. The van der Waals surface area contributed by atoms with Crippen molar-refractivity contribution in [3.63, 3.8) is 0 Å². The van der Waals surface area contributed by atoms with E-state index in [0.29, 0.717) is 0 Å². The molecule has 0 bridgehead atoms. The van der Waals surface area contributed by atoms with E-state index in [2.05, 4.69) is 140 Å². The number of rotatable bonds is 6. The second-order valence-electron chi connectivity index (χ2n) is 7.05. The Balaban J connectivity index is 1.84. The average molecular weight is 385 g/mol. The summed E-state index contributed by atoms with van der Waals surface area (Å²) >= 11 is 0. The van der Waals surface area contributed by atoms with Gasteiger partial charge in [-0.25, -0.2) is 0 Å². The first-order valence-electron chi connectivity index (χ1n) is 10.2.